The van der Waals surface area contributed by atoms with Gasteiger partial charge in [-0.25, -0.2) is 0 Å². The maximum atomic E-state index is 12.8. The number of hydrogen-bond acceptors (Lipinski definition) is 3. The average molecular weight is 276 g/mol. The maximum Gasteiger partial charge on any atom is 0.418 e. The van der Waals surface area contributed by atoms with Crippen LogP contribution >= 0.6 is 11.6 Å². The highest BCUT2D eigenvalue weighted by Gasteiger charge is 2.38. The Morgan fingerprint density at radius 2 is 2.06 bits per heavy atom. The molecule has 0 fully saturated rings. The number of alkyl halides is 4. The van der Waals surface area contributed by atoms with Gasteiger partial charge in [0, 0.05) is 11.1 Å². The van der Waals surface area contributed by atoms with Gasteiger partial charge >= 0.3 is 6.18 Å². The molecule has 0 aliphatic rings. The lowest BCUT2D eigenvalue weighted by Gasteiger charge is -2.13. The fourth-order valence-corrected chi connectivity index (χ4v) is 1.60. The van der Waals surface area contributed by atoms with Gasteiger partial charge in [-0.2, -0.15) is 18.4 Å². The minimum Gasteiger partial charge on any atom is -0.298 e. The number of hydrogen-bond donors (Lipinski definition) is 0. The lowest BCUT2D eigenvalue weighted by Crippen LogP contribution is -2.16. The number of benzene rings is 1. The number of carbonyl (C=O) groups is 2. The van der Waals surface area contributed by atoms with Gasteiger partial charge in [0.05, 0.1) is 23.1 Å². The third-order valence-electron chi connectivity index (χ3n) is 2.19. The first-order valence-corrected chi connectivity index (χ1v) is 5.09. The van der Waals surface area contributed by atoms with Crippen molar-refractivity contribution in [3.8, 4) is 6.07 Å². The molecule has 0 aliphatic carbocycles. The van der Waals surface area contributed by atoms with Gasteiger partial charge in [-0.05, 0) is 12.1 Å². The molecular formula is C11H5ClF3NO2. The molecule has 0 unspecified atom stereocenters. The third kappa shape index (κ3) is 2.51. The Balaban J connectivity index is 3.70. The molecule has 94 valence electrons. The highest BCUT2D eigenvalue weighted by Crippen LogP contribution is 2.35. The zero-order valence-corrected chi connectivity index (χ0v) is 9.47. The van der Waals surface area contributed by atoms with Gasteiger partial charge in [0.25, 0.3) is 0 Å². The predicted octanol–water partition coefficient (Wildman–Crippen LogP) is 2.81. The Kier molecular flexibility index (Phi) is 4.09. The van der Waals surface area contributed by atoms with E-state index in [2.05, 4.69) is 0 Å². The summed E-state index contributed by atoms with van der Waals surface area (Å²) in [5.74, 6) is -1.36. The molecule has 1 rings (SSSR count). The second kappa shape index (κ2) is 5.19. The minimum atomic E-state index is -4.90. The van der Waals surface area contributed by atoms with Crippen LogP contribution in [0, 0.1) is 11.3 Å². The van der Waals surface area contributed by atoms with Crippen LogP contribution in [0.25, 0.3) is 0 Å². The minimum absolute atomic E-state index is 0.0938. The molecule has 0 heterocycles. The highest BCUT2D eigenvalue weighted by atomic mass is 35.5. The van der Waals surface area contributed by atoms with E-state index >= 15 is 0 Å². The van der Waals surface area contributed by atoms with Gasteiger partial charge in [-0.1, -0.05) is 0 Å². The molecule has 0 amide bonds. The van der Waals surface area contributed by atoms with Gasteiger partial charge in [0.2, 0.25) is 0 Å². The van der Waals surface area contributed by atoms with E-state index in [9.17, 15) is 22.8 Å². The van der Waals surface area contributed by atoms with Crippen LogP contribution in [0.3, 0.4) is 0 Å². The summed E-state index contributed by atoms with van der Waals surface area (Å²) in [6.45, 7) is 0. The SMILES string of the molecule is N#Cc1ccc(C(=O)CCl)c(C=O)c1C(F)(F)F. The molecule has 0 N–H and O–H groups in total. The van der Waals surface area contributed by atoms with Crippen LogP contribution in [0.1, 0.15) is 31.8 Å². The first-order chi connectivity index (χ1) is 8.36. The molecule has 0 spiro atoms. The topological polar surface area (TPSA) is 57.9 Å². The van der Waals surface area contributed by atoms with Crippen LogP contribution in [0.2, 0.25) is 0 Å². The van der Waals surface area contributed by atoms with Crippen LogP contribution in [-0.4, -0.2) is 17.9 Å². The second-order valence-electron chi connectivity index (χ2n) is 3.23. The quantitative estimate of drug-likeness (QED) is 0.484. The van der Waals surface area contributed by atoms with Gasteiger partial charge in [-0.3, -0.25) is 9.59 Å². The number of ketones is 1. The zero-order valence-electron chi connectivity index (χ0n) is 8.71. The van der Waals surface area contributed by atoms with Crippen molar-refractivity contribution in [2.24, 2.45) is 0 Å². The van der Waals surface area contributed by atoms with Crippen molar-refractivity contribution in [1.82, 2.24) is 0 Å². The van der Waals surface area contributed by atoms with Crippen LogP contribution in [0.4, 0.5) is 13.2 Å². The molecule has 1 aromatic carbocycles. The number of halogens is 4. The van der Waals surface area contributed by atoms with Gasteiger partial charge in [0.15, 0.2) is 12.1 Å². The molecule has 0 atom stereocenters. The summed E-state index contributed by atoms with van der Waals surface area (Å²) in [6.07, 6.45) is -4.99. The molecule has 0 saturated carbocycles. The largest absolute Gasteiger partial charge is 0.418 e. The number of aldehydes is 1. The molecule has 3 nitrogen and oxygen atoms in total. The fraction of sp³-hybridized carbons (Fsp3) is 0.182. The van der Waals surface area contributed by atoms with E-state index in [4.69, 9.17) is 16.9 Å². The summed E-state index contributed by atoms with van der Waals surface area (Å²) < 4.78 is 38.3. The number of carbonyl (C=O) groups excluding carboxylic acids is 2. The molecule has 18 heavy (non-hydrogen) atoms. The summed E-state index contributed by atoms with van der Waals surface area (Å²) in [5.41, 5.74) is -3.41. The number of nitrogens with zero attached hydrogens (tertiary/aromatic N) is 1. The van der Waals surface area contributed by atoms with Crippen molar-refractivity contribution in [1.29, 1.82) is 5.26 Å². The van der Waals surface area contributed by atoms with Crippen molar-refractivity contribution >= 4 is 23.7 Å². The first-order valence-electron chi connectivity index (χ1n) is 4.55. The Morgan fingerprint density at radius 3 is 2.44 bits per heavy atom. The van der Waals surface area contributed by atoms with E-state index in [1.165, 1.54) is 6.07 Å². The lowest BCUT2D eigenvalue weighted by atomic mass is 9.95. The lowest BCUT2D eigenvalue weighted by molar-refractivity contribution is -0.138. The van der Waals surface area contributed by atoms with E-state index in [0.29, 0.717) is 0 Å². The van der Waals surface area contributed by atoms with Crippen LogP contribution in [0.15, 0.2) is 12.1 Å². The standard InChI is InChI=1S/C11H5ClF3NO2/c12-3-9(18)7-2-1-6(4-16)10(8(7)5-17)11(13,14)15/h1-2,5H,3H2. The van der Waals surface area contributed by atoms with Gasteiger partial charge < -0.3 is 0 Å². The maximum absolute atomic E-state index is 12.8. The first kappa shape index (κ1) is 14.2. The molecule has 7 heteroatoms. The Hall–Kier alpha value is -1.87. The number of Topliss-reactive ketones (excluding diaryl/α,β-unsaturated/α-hetero) is 1. The van der Waals surface area contributed by atoms with E-state index in [1.807, 2.05) is 0 Å². The molecule has 0 saturated heterocycles. The molecular weight excluding hydrogens is 271 g/mol. The van der Waals surface area contributed by atoms with Crippen molar-refractivity contribution in [3.63, 3.8) is 0 Å². The predicted molar refractivity (Wildman–Crippen MR) is 56.6 cm³/mol. The summed E-state index contributed by atoms with van der Waals surface area (Å²) in [6, 6.07) is 3.17. The summed E-state index contributed by atoms with van der Waals surface area (Å²) in [7, 11) is 0. The monoisotopic (exact) mass is 275 g/mol. The molecule has 0 aromatic heterocycles. The van der Waals surface area contributed by atoms with Gasteiger partial charge in [-0.15, -0.1) is 11.6 Å². The Labute approximate surface area is 105 Å². The molecule has 0 bridgehead atoms. The Morgan fingerprint density at radius 1 is 1.44 bits per heavy atom. The third-order valence-corrected chi connectivity index (χ3v) is 2.43. The van der Waals surface area contributed by atoms with E-state index in [1.54, 1.807) is 0 Å². The summed E-state index contributed by atoms with van der Waals surface area (Å²) >= 11 is 5.24. The highest BCUT2D eigenvalue weighted by molar-refractivity contribution is 6.31. The molecule has 0 radical (unpaired) electrons. The van der Waals surface area contributed by atoms with E-state index in [0.717, 1.165) is 12.1 Å². The molecule has 1 aromatic rings. The van der Waals surface area contributed by atoms with Crippen molar-refractivity contribution in [2.75, 3.05) is 5.88 Å². The second-order valence-corrected chi connectivity index (χ2v) is 3.50. The fourth-order valence-electron chi connectivity index (χ4n) is 1.46. The Bertz CT molecular complexity index is 546. The normalized spacial score (nSPS) is 10.8. The van der Waals surface area contributed by atoms with Crippen LogP contribution in [-0.2, 0) is 6.18 Å². The summed E-state index contributed by atoms with van der Waals surface area (Å²) in [5, 5.41) is 8.61. The smallest absolute Gasteiger partial charge is 0.298 e. The summed E-state index contributed by atoms with van der Waals surface area (Å²) in [4.78, 5) is 22.1. The van der Waals surface area contributed by atoms with E-state index in [-0.39, 0.29) is 6.29 Å². The van der Waals surface area contributed by atoms with Gasteiger partial charge in [0.1, 0.15) is 0 Å². The van der Waals surface area contributed by atoms with Crippen molar-refractivity contribution < 1.29 is 22.8 Å². The zero-order chi connectivity index (χ0) is 13.9. The van der Waals surface area contributed by atoms with Crippen LogP contribution < -0.4 is 0 Å². The number of nitriles is 1. The molecule has 0 aliphatic heterocycles. The van der Waals surface area contributed by atoms with Crippen molar-refractivity contribution in [2.45, 2.75) is 6.18 Å². The average Bonchev–Trinajstić information content (AvgIpc) is 2.34. The number of rotatable bonds is 3. The van der Waals surface area contributed by atoms with Crippen molar-refractivity contribution in [3.05, 3.63) is 34.4 Å². The van der Waals surface area contributed by atoms with Crippen LogP contribution in [0.5, 0.6) is 0 Å². The van der Waals surface area contributed by atoms with E-state index < -0.39 is 40.1 Å².